The molecule has 3 heteroatoms. The number of hydrogen-bond donors (Lipinski definition) is 1. The molecule has 1 aliphatic carbocycles. The van der Waals surface area contributed by atoms with E-state index in [4.69, 9.17) is 5.73 Å². The maximum absolute atomic E-state index is 6.44. The molecule has 3 atom stereocenters. The first-order chi connectivity index (χ1) is 8.58. The summed E-state index contributed by atoms with van der Waals surface area (Å²) in [6.07, 6.45) is 6.94. The van der Waals surface area contributed by atoms with Gasteiger partial charge in [-0.05, 0) is 38.8 Å². The summed E-state index contributed by atoms with van der Waals surface area (Å²) < 4.78 is 0. The van der Waals surface area contributed by atoms with Crippen molar-refractivity contribution in [3.63, 3.8) is 0 Å². The summed E-state index contributed by atoms with van der Waals surface area (Å²) in [4.78, 5) is 4.96. The second-order valence-corrected chi connectivity index (χ2v) is 6.79. The van der Waals surface area contributed by atoms with Crippen molar-refractivity contribution < 1.29 is 0 Å². The van der Waals surface area contributed by atoms with Crippen molar-refractivity contribution in [3.8, 4) is 0 Å². The highest BCUT2D eigenvalue weighted by Crippen LogP contribution is 2.27. The van der Waals surface area contributed by atoms with Gasteiger partial charge in [-0.3, -0.25) is 4.90 Å². The quantitative estimate of drug-likeness (QED) is 0.829. The van der Waals surface area contributed by atoms with E-state index in [2.05, 4.69) is 30.8 Å². The van der Waals surface area contributed by atoms with Crippen LogP contribution in [0.1, 0.15) is 39.0 Å². The van der Waals surface area contributed by atoms with Crippen LogP contribution in [0.5, 0.6) is 0 Å². The summed E-state index contributed by atoms with van der Waals surface area (Å²) in [6.45, 7) is 5.91. The molecule has 0 aromatic rings. The standard InChI is InChI=1S/C15H31N3/c1-12-9-18(11-15(12)17(2)3)10-14(16)13-7-5-4-6-8-13/h12-15H,4-11,16H2,1-3H3. The number of likely N-dealkylation sites (tertiary alicyclic amines) is 1. The highest BCUT2D eigenvalue weighted by Gasteiger charge is 2.32. The van der Waals surface area contributed by atoms with E-state index in [0.29, 0.717) is 12.1 Å². The lowest BCUT2D eigenvalue weighted by molar-refractivity contribution is 0.217. The van der Waals surface area contributed by atoms with Crippen molar-refractivity contribution in [2.75, 3.05) is 33.7 Å². The van der Waals surface area contributed by atoms with Gasteiger partial charge in [-0.25, -0.2) is 0 Å². The Balaban J connectivity index is 1.79. The molecule has 106 valence electrons. The summed E-state index contributed by atoms with van der Waals surface area (Å²) in [5, 5.41) is 0. The lowest BCUT2D eigenvalue weighted by Gasteiger charge is -2.30. The van der Waals surface area contributed by atoms with Gasteiger partial charge in [0.2, 0.25) is 0 Å². The molecule has 2 N–H and O–H groups in total. The summed E-state index contributed by atoms with van der Waals surface area (Å²) in [5.74, 6) is 1.56. The van der Waals surface area contributed by atoms with Crippen LogP contribution < -0.4 is 5.73 Å². The summed E-state index contributed by atoms with van der Waals surface area (Å²) in [5.41, 5.74) is 6.44. The maximum atomic E-state index is 6.44. The fourth-order valence-electron chi connectivity index (χ4n) is 3.88. The second kappa shape index (κ2) is 6.36. The fourth-order valence-corrected chi connectivity index (χ4v) is 3.88. The molecule has 3 unspecified atom stereocenters. The van der Waals surface area contributed by atoms with Crippen LogP contribution in [0.2, 0.25) is 0 Å². The minimum Gasteiger partial charge on any atom is -0.326 e. The van der Waals surface area contributed by atoms with Crippen molar-refractivity contribution in [2.45, 2.75) is 51.1 Å². The first kappa shape index (κ1) is 14.3. The Morgan fingerprint density at radius 1 is 1.17 bits per heavy atom. The molecule has 0 aromatic carbocycles. The van der Waals surface area contributed by atoms with Crippen molar-refractivity contribution >= 4 is 0 Å². The number of nitrogens with two attached hydrogens (primary N) is 1. The highest BCUT2D eigenvalue weighted by molar-refractivity contribution is 4.89. The second-order valence-electron chi connectivity index (χ2n) is 6.79. The third-order valence-electron chi connectivity index (χ3n) is 5.04. The van der Waals surface area contributed by atoms with E-state index in [1.54, 1.807) is 0 Å². The van der Waals surface area contributed by atoms with Gasteiger partial charge >= 0.3 is 0 Å². The van der Waals surface area contributed by atoms with E-state index in [-0.39, 0.29) is 0 Å². The van der Waals surface area contributed by atoms with E-state index < -0.39 is 0 Å². The number of hydrogen-bond acceptors (Lipinski definition) is 3. The van der Waals surface area contributed by atoms with Gasteiger partial charge in [-0.2, -0.15) is 0 Å². The predicted octanol–water partition coefficient (Wildman–Crippen LogP) is 1.78. The van der Waals surface area contributed by atoms with E-state index in [9.17, 15) is 0 Å². The number of likely N-dealkylation sites (N-methyl/N-ethyl adjacent to an activating group) is 1. The van der Waals surface area contributed by atoms with Gasteiger partial charge in [0.05, 0.1) is 0 Å². The molecule has 2 rings (SSSR count). The van der Waals surface area contributed by atoms with Crippen molar-refractivity contribution in [1.29, 1.82) is 0 Å². The molecule has 0 amide bonds. The highest BCUT2D eigenvalue weighted by atomic mass is 15.2. The first-order valence-electron chi connectivity index (χ1n) is 7.72. The van der Waals surface area contributed by atoms with Crippen LogP contribution in [0.15, 0.2) is 0 Å². The van der Waals surface area contributed by atoms with Crippen LogP contribution >= 0.6 is 0 Å². The first-order valence-corrected chi connectivity index (χ1v) is 7.72. The molecule has 2 fully saturated rings. The molecule has 0 bridgehead atoms. The minimum atomic E-state index is 0.401. The van der Waals surface area contributed by atoms with Gasteiger partial charge in [-0.15, -0.1) is 0 Å². The van der Waals surface area contributed by atoms with E-state index >= 15 is 0 Å². The van der Waals surface area contributed by atoms with Crippen LogP contribution in [-0.2, 0) is 0 Å². The van der Waals surface area contributed by atoms with Crippen molar-refractivity contribution in [3.05, 3.63) is 0 Å². The largest absolute Gasteiger partial charge is 0.326 e. The zero-order valence-corrected chi connectivity index (χ0v) is 12.4. The van der Waals surface area contributed by atoms with Gasteiger partial charge in [-0.1, -0.05) is 26.2 Å². The summed E-state index contributed by atoms with van der Waals surface area (Å²) in [7, 11) is 4.40. The predicted molar refractivity (Wildman–Crippen MR) is 77.6 cm³/mol. The van der Waals surface area contributed by atoms with E-state index in [1.165, 1.54) is 45.2 Å². The summed E-state index contributed by atoms with van der Waals surface area (Å²) >= 11 is 0. The molecule has 1 saturated carbocycles. The average Bonchev–Trinajstić information content (AvgIpc) is 2.71. The molecule has 18 heavy (non-hydrogen) atoms. The molecule has 3 nitrogen and oxygen atoms in total. The Hall–Kier alpha value is -0.120. The van der Waals surface area contributed by atoms with Gasteiger partial charge in [0.15, 0.2) is 0 Å². The molecule has 2 aliphatic rings. The van der Waals surface area contributed by atoms with E-state index in [0.717, 1.165) is 18.4 Å². The zero-order valence-electron chi connectivity index (χ0n) is 12.4. The summed E-state index contributed by atoms with van der Waals surface area (Å²) in [6, 6.07) is 1.11. The Morgan fingerprint density at radius 3 is 2.39 bits per heavy atom. The van der Waals surface area contributed by atoms with Crippen LogP contribution in [-0.4, -0.2) is 55.6 Å². The topological polar surface area (TPSA) is 32.5 Å². The molecular weight excluding hydrogens is 222 g/mol. The molecule has 1 saturated heterocycles. The molecule has 1 aliphatic heterocycles. The van der Waals surface area contributed by atoms with Crippen molar-refractivity contribution in [1.82, 2.24) is 9.80 Å². The Bertz CT molecular complexity index is 248. The monoisotopic (exact) mass is 253 g/mol. The molecule has 0 radical (unpaired) electrons. The van der Waals surface area contributed by atoms with Crippen LogP contribution in [0.4, 0.5) is 0 Å². The lowest BCUT2D eigenvalue weighted by atomic mass is 9.84. The third-order valence-corrected chi connectivity index (χ3v) is 5.04. The Morgan fingerprint density at radius 2 is 1.83 bits per heavy atom. The smallest absolute Gasteiger partial charge is 0.0254 e. The average molecular weight is 253 g/mol. The zero-order chi connectivity index (χ0) is 13.1. The van der Waals surface area contributed by atoms with Crippen molar-refractivity contribution in [2.24, 2.45) is 17.6 Å². The number of nitrogens with zero attached hydrogens (tertiary/aromatic N) is 2. The minimum absolute atomic E-state index is 0.401. The lowest BCUT2D eigenvalue weighted by Crippen LogP contribution is -2.43. The van der Waals surface area contributed by atoms with Gasteiger partial charge in [0, 0.05) is 31.7 Å². The molecule has 0 spiro atoms. The molecule has 0 aromatic heterocycles. The SMILES string of the molecule is CC1CN(CC(N)C2CCCCC2)CC1N(C)C. The fraction of sp³-hybridized carbons (Fsp3) is 1.00. The van der Waals surface area contributed by atoms with Gasteiger partial charge < -0.3 is 10.6 Å². The Labute approximate surface area is 113 Å². The molecular formula is C15H31N3. The third kappa shape index (κ3) is 3.46. The van der Waals surface area contributed by atoms with Crippen LogP contribution in [0.3, 0.4) is 0 Å². The van der Waals surface area contributed by atoms with Gasteiger partial charge in [0.25, 0.3) is 0 Å². The van der Waals surface area contributed by atoms with Crippen LogP contribution in [0, 0.1) is 11.8 Å². The normalized spacial score (nSPS) is 33.2. The van der Waals surface area contributed by atoms with Gasteiger partial charge in [0.1, 0.15) is 0 Å². The number of rotatable bonds is 4. The maximum Gasteiger partial charge on any atom is 0.0254 e. The van der Waals surface area contributed by atoms with E-state index in [1.807, 2.05) is 0 Å². The molecule has 1 heterocycles. The van der Waals surface area contributed by atoms with Crippen LogP contribution in [0.25, 0.3) is 0 Å². The Kier molecular flexibility index (Phi) is 5.05.